The van der Waals surface area contributed by atoms with E-state index in [2.05, 4.69) is 29.3 Å². The van der Waals surface area contributed by atoms with E-state index in [0.29, 0.717) is 11.1 Å². The lowest BCUT2D eigenvalue weighted by Crippen LogP contribution is -2.23. The third-order valence-corrected chi connectivity index (χ3v) is 7.35. The van der Waals surface area contributed by atoms with E-state index < -0.39 is 0 Å². The first-order valence-electron chi connectivity index (χ1n) is 10.9. The second kappa shape index (κ2) is 8.74. The Morgan fingerprint density at radius 3 is 2.67 bits per heavy atom. The Hall–Kier alpha value is -3.59. The highest BCUT2D eigenvalue weighted by Crippen LogP contribution is 2.38. The Kier molecular flexibility index (Phi) is 5.63. The maximum Gasteiger partial charge on any atom is 0.103 e. The van der Waals surface area contributed by atoms with Crippen LogP contribution < -0.4 is 0 Å². The van der Waals surface area contributed by atoms with Gasteiger partial charge in [0, 0.05) is 32.8 Å². The van der Waals surface area contributed by atoms with E-state index in [4.69, 9.17) is 0 Å². The Bertz CT molecular complexity index is 1420. The normalized spacial score (nSPS) is 18.2. The van der Waals surface area contributed by atoms with Crippen molar-refractivity contribution in [3.8, 4) is 23.3 Å². The summed E-state index contributed by atoms with van der Waals surface area (Å²) in [6, 6.07) is 14.1. The molecule has 1 aromatic carbocycles. The number of nitriles is 2. The molecule has 1 saturated carbocycles. The molecule has 1 aliphatic rings. The number of hydrogen-bond acceptors (Lipinski definition) is 6. The van der Waals surface area contributed by atoms with Crippen LogP contribution in [-0.2, 0) is 0 Å². The van der Waals surface area contributed by atoms with E-state index in [1.807, 2.05) is 41.3 Å². The van der Waals surface area contributed by atoms with Crippen LogP contribution in [0.25, 0.3) is 16.6 Å². The minimum Gasteiger partial charge on any atom is -0.393 e. The van der Waals surface area contributed by atoms with Crippen LogP contribution in [0, 0.1) is 29.6 Å². The highest BCUT2D eigenvalue weighted by atomic mass is 32.2. The van der Waals surface area contributed by atoms with Gasteiger partial charge in [-0.05, 0) is 50.8 Å². The molecule has 3 aromatic heterocycles. The van der Waals surface area contributed by atoms with Gasteiger partial charge in [0.05, 0.1) is 41.2 Å². The lowest BCUT2D eigenvalue weighted by molar-refractivity contribution is 0.0995. The Morgan fingerprint density at radius 1 is 1.06 bits per heavy atom. The summed E-state index contributed by atoms with van der Waals surface area (Å²) < 4.78 is 3.76. The van der Waals surface area contributed by atoms with Crippen molar-refractivity contribution in [1.29, 1.82) is 10.5 Å². The van der Waals surface area contributed by atoms with Gasteiger partial charge in [0.25, 0.3) is 0 Å². The average molecular weight is 455 g/mol. The quantitative estimate of drug-likeness (QED) is 0.472. The molecule has 4 aromatic rings. The number of aliphatic hydroxyl groups excluding tert-OH is 1. The molecule has 0 saturated heterocycles. The minimum absolute atomic E-state index is 0.192. The molecule has 8 heteroatoms. The van der Waals surface area contributed by atoms with Crippen LogP contribution in [0.5, 0.6) is 0 Å². The van der Waals surface area contributed by atoms with Gasteiger partial charge in [-0.3, -0.25) is 4.68 Å². The number of fused-ring (bicyclic) bond motifs is 1. The predicted molar refractivity (Wildman–Crippen MR) is 125 cm³/mol. The van der Waals surface area contributed by atoms with Crippen molar-refractivity contribution in [1.82, 2.24) is 19.4 Å². The summed E-state index contributed by atoms with van der Waals surface area (Å²) in [4.78, 5) is 1.68. The van der Waals surface area contributed by atoms with Crippen LogP contribution in [0.1, 0.15) is 48.5 Å². The molecule has 5 rings (SSSR count). The monoisotopic (exact) mass is 454 g/mol. The minimum atomic E-state index is -0.274. The molecule has 0 amide bonds. The van der Waals surface area contributed by atoms with Crippen LogP contribution in [-0.4, -0.2) is 30.6 Å². The largest absolute Gasteiger partial charge is 0.393 e. The number of benzene rings is 1. The van der Waals surface area contributed by atoms with Crippen molar-refractivity contribution in [3.63, 3.8) is 0 Å². The molecule has 7 nitrogen and oxygen atoms in total. The Balaban J connectivity index is 1.61. The molecule has 0 bridgehead atoms. The molecule has 0 aliphatic heterocycles. The van der Waals surface area contributed by atoms with Crippen LogP contribution in [0.4, 0.5) is 0 Å². The smallest absolute Gasteiger partial charge is 0.103 e. The van der Waals surface area contributed by atoms with Gasteiger partial charge in [-0.1, -0.05) is 23.9 Å². The molecule has 33 heavy (non-hydrogen) atoms. The van der Waals surface area contributed by atoms with Gasteiger partial charge in [-0.25, -0.2) is 4.52 Å². The first-order valence-corrected chi connectivity index (χ1v) is 11.7. The fourth-order valence-electron chi connectivity index (χ4n) is 4.59. The maximum absolute atomic E-state index is 10.1. The molecule has 1 N–H and O–H groups in total. The molecule has 1 fully saturated rings. The summed E-state index contributed by atoms with van der Waals surface area (Å²) in [5.74, 6) is 0. The molecule has 2 atom stereocenters. The fourth-order valence-corrected chi connectivity index (χ4v) is 5.69. The molecule has 1 aliphatic carbocycles. The van der Waals surface area contributed by atoms with Crippen molar-refractivity contribution in [3.05, 3.63) is 65.7 Å². The first kappa shape index (κ1) is 21.3. The molecule has 0 spiro atoms. The summed E-state index contributed by atoms with van der Waals surface area (Å²) in [6.45, 7) is 2.05. The summed E-state index contributed by atoms with van der Waals surface area (Å²) in [7, 11) is 0. The number of hydrogen-bond donors (Lipinski definition) is 1. The van der Waals surface area contributed by atoms with Gasteiger partial charge in [0.2, 0.25) is 0 Å². The van der Waals surface area contributed by atoms with E-state index in [-0.39, 0.29) is 12.1 Å². The molecular weight excluding hydrogens is 432 g/mol. The highest BCUT2D eigenvalue weighted by Gasteiger charge is 2.25. The zero-order valence-electron chi connectivity index (χ0n) is 18.1. The lowest BCUT2D eigenvalue weighted by atomic mass is 9.93. The number of pyridine rings is 1. The topological polar surface area (TPSA) is 103 Å². The summed E-state index contributed by atoms with van der Waals surface area (Å²) in [5.41, 5.74) is 4.76. The van der Waals surface area contributed by atoms with Gasteiger partial charge in [0.15, 0.2) is 0 Å². The fraction of sp³-hybridized carbons (Fsp3) is 0.280. The lowest BCUT2D eigenvalue weighted by Gasteiger charge is -2.27. The van der Waals surface area contributed by atoms with E-state index >= 15 is 0 Å². The average Bonchev–Trinajstić information content (AvgIpc) is 3.42. The van der Waals surface area contributed by atoms with E-state index in [1.165, 1.54) is 11.8 Å². The van der Waals surface area contributed by atoms with Crippen molar-refractivity contribution in [2.24, 2.45) is 0 Å². The van der Waals surface area contributed by atoms with Gasteiger partial charge >= 0.3 is 0 Å². The number of aliphatic hydroxyl groups is 1. The third-order valence-electron chi connectivity index (χ3n) is 6.25. The molecular formula is C25H22N6OS. The standard InChI is InChI=1S/C25H22N6OS/c1-16-22(14-29-31(16)20-6-4-7-21(32)10-20)18-9-24(25-19(12-27)13-28-30(25)15-18)33-23-8-3-2-5-17(23)11-26/h2-3,5,8-9,13-15,20-21,32H,4,6-7,10H2,1H3/t20-,21-/m1/s1. The van der Waals surface area contributed by atoms with Crippen molar-refractivity contribution in [2.45, 2.75) is 54.5 Å². The predicted octanol–water partition coefficient (Wildman–Crippen LogP) is 4.88. The highest BCUT2D eigenvalue weighted by molar-refractivity contribution is 7.99. The van der Waals surface area contributed by atoms with Crippen LogP contribution >= 0.6 is 11.8 Å². The van der Waals surface area contributed by atoms with E-state index in [9.17, 15) is 15.6 Å². The molecule has 0 unspecified atom stereocenters. The summed E-state index contributed by atoms with van der Waals surface area (Å²) in [5, 5.41) is 38.3. The van der Waals surface area contributed by atoms with Crippen LogP contribution in [0.2, 0.25) is 0 Å². The first-order chi connectivity index (χ1) is 16.1. The SMILES string of the molecule is Cc1c(-c2cc(Sc3ccccc3C#N)c3c(C#N)cnn3c2)cnn1[C@@H]1CCC[C@@H](O)C1. The zero-order valence-corrected chi connectivity index (χ0v) is 19.0. The van der Waals surface area contributed by atoms with Crippen LogP contribution in [0.15, 0.2) is 58.7 Å². The van der Waals surface area contributed by atoms with Gasteiger partial charge in [-0.15, -0.1) is 0 Å². The zero-order chi connectivity index (χ0) is 22.9. The number of nitrogens with zero attached hydrogens (tertiary/aromatic N) is 6. The van der Waals surface area contributed by atoms with Crippen molar-refractivity contribution in [2.75, 3.05) is 0 Å². The van der Waals surface area contributed by atoms with Gasteiger partial charge in [0.1, 0.15) is 12.1 Å². The van der Waals surface area contributed by atoms with E-state index in [1.54, 1.807) is 16.8 Å². The molecule has 3 heterocycles. The second-order valence-corrected chi connectivity index (χ2v) is 9.41. The van der Waals surface area contributed by atoms with Gasteiger partial charge < -0.3 is 5.11 Å². The number of rotatable bonds is 4. The number of aromatic nitrogens is 4. The Labute approximate surface area is 195 Å². The van der Waals surface area contributed by atoms with Crippen molar-refractivity contribution < 1.29 is 5.11 Å². The van der Waals surface area contributed by atoms with E-state index in [0.717, 1.165) is 57.8 Å². The van der Waals surface area contributed by atoms with Crippen molar-refractivity contribution >= 4 is 17.3 Å². The summed E-state index contributed by atoms with van der Waals surface area (Å²) >= 11 is 1.46. The second-order valence-electron chi connectivity index (χ2n) is 8.33. The molecule has 164 valence electrons. The maximum atomic E-state index is 10.1. The summed E-state index contributed by atoms with van der Waals surface area (Å²) in [6.07, 6.45) is 8.65. The molecule has 0 radical (unpaired) electrons. The third kappa shape index (κ3) is 3.89. The Morgan fingerprint density at radius 2 is 1.88 bits per heavy atom. The van der Waals surface area contributed by atoms with Crippen LogP contribution in [0.3, 0.4) is 0 Å². The van der Waals surface area contributed by atoms with Gasteiger partial charge in [-0.2, -0.15) is 20.7 Å².